The number of hydrogen-bond donors (Lipinski definition) is 1. The van der Waals surface area contributed by atoms with E-state index in [1.54, 1.807) is 5.54 Å². The van der Waals surface area contributed by atoms with Gasteiger partial charge >= 0.3 is 0 Å². The molecule has 1 saturated heterocycles. The van der Waals surface area contributed by atoms with Crippen molar-refractivity contribution in [2.75, 3.05) is 19.6 Å². The SMILES string of the molecule is CCC(C)C1CN(C/C=C/Cl)C2(CCCC2)CN1. The molecule has 0 amide bonds. The molecule has 1 spiro atoms. The Morgan fingerprint density at radius 2 is 2.17 bits per heavy atom. The normalized spacial score (nSPS) is 30.3. The smallest absolute Gasteiger partial charge is 0.0338 e. The van der Waals surface area contributed by atoms with Crippen molar-refractivity contribution in [3.8, 4) is 0 Å². The Hall–Kier alpha value is -0.0500. The van der Waals surface area contributed by atoms with Crippen molar-refractivity contribution in [2.45, 2.75) is 57.5 Å². The van der Waals surface area contributed by atoms with E-state index in [1.165, 1.54) is 38.6 Å². The minimum Gasteiger partial charge on any atom is -0.311 e. The van der Waals surface area contributed by atoms with Crippen LogP contribution in [-0.4, -0.2) is 36.1 Å². The maximum absolute atomic E-state index is 5.72. The summed E-state index contributed by atoms with van der Waals surface area (Å²) >= 11 is 5.72. The second-order valence-electron chi connectivity index (χ2n) is 6.07. The average Bonchev–Trinajstić information content (AvgIpc) is 2.86. The summed E-state index contributed by atoms with van der Waals surface area (Å²) in [6.45, 7) is 8.00. The van der Waals surface area contributed by atoms with Crippen molar-refractivity contribution in [2.24, 2.45) is 5.92 Å². The number of rotatable bonds is 4. The number of piperazine rings is 1. The van der Waals surface area contributed by atoms with Crippen molar-refractivity contribution < 1.29 is 0 Å². The monoisotopic (exact) mass is 270 g/mol. The first-order chi connectivity index (χ1) is 8.72. The van der Waals surface area contributed by atoms with Gasteiger partial charge in [-0.2, -0.15) is 0 Å². The molecule has 2 nitrogen and oxygen atoms in total. The molecule has 0 radical (unpaired) electrons. The summed E-state index contributed by atoms with van der Waals surface area (Å²) in [5, 5.41) is 3.81. The minimum absolute atomic E-state index is 0.417. The summed E-state index contributed by atoms with van der Waals surface area (Å²) in [6, 6.07) is 0.643. The van der Waals surface area contributed by atoms with Crippen molar-refractivity contribution in [3.63, 3.8) is 0 Å². The summed E-state index contributed by atoms with van der Waals surface area (Å²) in [6.07, 6.45) is 8.82. The fraction of sp³-hybridized carbons (Fsp3) is 0.867. The van der Waals surface area contributed by atoms with Gasteiger partial charge in [0.2, 0.25) is 0 Å². The van der Waals surface area contributed by atoms with Gasteiger partial charge in [-0.3, -0.25) is 4.90 Å². The zero-order chi connectivity index (χ0) is 13.0. The maximum Gasteiger partial charge on any atom is 0.0338 e. The third-order valence-corrected chi connectivity index (χ3v) is 5.24. The molecular weight excluding hydrogens is 244 g/mol. The summed E-state index contributed by atoms with van der Waals surface area (Å²) in [5.74, 6) is 0.756. The molecule has 1 heterocycles. The molecule has 2 aliphatic rings. The second kappa shape index (κ2) is 6.40. The lowest BCUT2D eigenvalue weighted by molar-refractivity contribution is 0.0412. The first-order valence-corrected chi connectivity index (χ1v) is 7.89. The quantitative estimate of drug-likeness (QED) is 0.843. The van der Waals surface area contributed by atoms with Crippen LogP contribution in [0.5, 0.6) is 0 Å². The molecular formula is C15H27ClN2. The zero-order valence-corrected chi connectivity index (χ0v) is 12.5. The van der Waals surface area contributed by atoms with Crippen LogP contribution in [0.3, 0.4) is 0 Å². The molecule has 0 aromatic heterocycles. The van der Waals surface area contributed by atoms with E-state index < -0.39 is 0 Å². The van der Waals surface area contributed by atoms with E-state index in [4.69, 9.17) is 11.6 Å². The van der Waals surface area contributed by atoms with Crippen LogP contribution in [0.4, 0.5) is 0 Å². The average molecular weight is 271 g/mol. The molecule has 2 fully saturated rings. The Kier molecular flexibility index (Phi) is 5.11. The van der Waals surface area contributed by atoms with Gasteiger partial charge in [0.05, 0.1) is 0 Å². The van der Waals surface area contributed by atoms with E-state index in [9.17, 15) is 0 Å². The van der Waals surface area contributed by atoms with Crippen molar-refractivity contribution in [3.05, 3.63) is 11.6 Å². The molecule has 0 bridgehead atoms. The molecule has 2 unspecified atom stereocenters. The summed E-state index contributed by atoms with van der Waals surface area (Å²) in [4.78, 5) is 2.69. The fourth-order valence-corrected chi connectivity index (χ4v) is 3.64. The molecule has 1 saturated carbocycles. The van der Waals surface area contributed by atoms with E-state index in [0.29, 0.717) is 11.6 Å². The van der Waals surface area contributed by atoms with E-state index in [-0.39, 0.29) is 0 Å². The van der Waals surface area contributed by atoms with Crippen molar-refractivity contribution in [1.29, 1.82) is 0 Å². The molecule has 0 aromatic carbocycles. The molecule has 2 rings (SSSR count). The molecule has 1 N–H and O–H groups in total. The van der Waals surface area contributed by atoms with Gasteiger partial charge in [0.25, 0.3) is 0 Å². The number of nitrogens with one attached hydrogen (secondary N) is 1. The van der Waals surface area contributed by atoms with Crippen LogP contribution >= 0.6 is 11.6 Å². The minimum atomic E-state index is 0.417. The van der Waals surface area contributed by atoms with Gasteiger partial charge in [0.1, 0.15) is 0 Å². The van der Waals surface area contributed by atoms with Gasteiger partial charge in [-0.15, -0.1) is 0 Å². The van der Waals surface area contributed by atoms with Gasteiger partial charge < -0.3 is 5.32 Å². The van der Waals surface area contributed by atoms with Crippen LogP contribution in [0.1, 0.15) is 46.0 Å². The number of halogens is 1. The molecule has 1 aliphatic carbocycles. The van der Waals surface area contributed by atoms with Crippen LogP contribution in [0, 0.1) is 5.92 Å². The first kappa shape index (κ1) is 14.4. The highest BCUT2D eigenvalue weighted by atomic mass is 35.5. The van der Waals surface area contributed by atoms with Gasteiger partial charge in [-0.25, -0.2) is 0 Å². The Bertz CT molecular complexity index is 284. The highest BCUT2D eigenvalue weighted by Gasteiger charge is 2.43. The van der Waals surface area contributed by atoms with Crippen molar-refractivity contribution in [1.82, 2.24) is 10.2 Å². The molecule has 104 valence electrons. The van der Waals surface area contributed by atoms with Crippen LogP contribution < -0.4 is 5.32 Å². The molecule has 0 aromatic rings. The lowest BCUT2D eigenvalue weighted by atomic mass is 9.87. The highest BCUT2D eigenvalue weighted by Crippen LogP contribution is 2.37. The van der Waals surface area contributed by atoms with E-state index >= 15 is 0 Å². The standard InChI is InChI=1S/C15H27ClN2/c1-3-13(2)14-11-18(10-6-9-16)15(12-17-14)7-4-5-8-15/h6,9,13-14,17H,3-5,7-8,10-12H2,1-2H3/b9-6+. The van der Waals surface area contributed by atoms with Crippen LogP contribution in [-0.2, 0) is 0 Å². The van der Waals surface area contributed by atoms with Crippen LogP contribution in [0.15, 0.2) is 11.6 Å². The fourth-order valence-electron chi connectivity index (χ4n) is 3.56. The van der Waals surface area contributed by atoms with E-state index in [0.717, 1.165) is 19.0 Å². The van der Waals surface area contributed by atoms with Gasteiger partial charge in [-0.05, 0) is 18.8 Å². The highest BCUT2D eigenvalue weighted by molar-refractivity contribution is 6.25. The molecule has 18 heavy (non-hydrogen) atoms. The largest absolute Gasteiger partial charge is 0.311 e. The molecule has 3 heteroatoms. The Balaban J connectivity index is 2.05. The lowest BCUT2D eigenvalue weighted by Gasteiger charge is -2.49. The summed E-state index contributed by atoms with van der Waals surface area (Å²) < 4.78 is 0. The number of nitrogens with zero attached hydrogens (tertiary/aromatic N) is 1. The lowest BCUT2D eigenvalue weighted by Crippen LogP contribution is -2.64. The van der Waals surface area contributed by atoms with Gasteiger partial charge in [-0.1, -0.05) is 50.8 Å². The van der Waals surface area contributed by atoms with Crippen molar-refractivity contribution >= 4 is 11.6 Å². The maximum atomic E-state index is 5.72. The van der Waals surface area contributed by atoms with Gasteiger partial charge in [0.15, 0.2) is 0 Å². The zero-order valence-electron chi connectivity index (χ0n) is 11.8. The Morgan fingerprint density at radius 3 is 2.78 bits per heavy atom. The second-order valence-corrected chi connectivity index (χ2v) is 6.32. The molecule has 1 aliphatic heterocycles. The van der Waals surface area contributed by atoms with Crippen LogP contribution in [0.2, 0.25) is 0 Å². The molecule has 2 atom stereocenters. The summed E-state index contributed by atoms with van der Waals surface area (Å²) in [5.41, 5.74) is 2.09. The van der Waals surface area contributed by atoms with Crippen LogP contribution in [0.25, 0.3) is 0 Å². The third kappa shape index (κ3) is 2.92. The summed E-state index contributed by atoms with van der Waals surface area (Å²) in [7, 11) is 0. The van der Waals surface area contributed by atoms with Gasteiger partial charge in [0, 0.05) is 36.8 Å². The van der Waals surface area contributed by atoms with E-state index in [2.05, 4.69) is 30.1 Å². The predicted octanol–water partition coefficient (Wildman–Crippen LogP) is 3.37. The topological polar surface area (TPSA) is 15.3 Å². The Labute approximate surface area is 117 Å². The Morgan fingerprint density at radius 1 is 1.44 bits per heavy atom. The predicted molar refractivity (Wildman–Crippen MR) is 79.0 cm³/mol. The number of hydrogen-bond acceptors (Lipinski definition) is 2. The van der Waals surface area contributed by atoms with E-state index in [1.807, 2.05) is 0 Å². The third-order valence-electron chi connectivity index (χ3n) is 5.06. The first-order valence-electron chi connectivity index (χ1n) is 7.45.